The molecule has 1 N–H and O–H groups in total. The zero-order chi connectivity index (χ0) is 11.4. The van der Waals surface area contributed by atoms with Gasteiger partial charge in [0, 0.05) is 24.5 Å². The minimum atomic E-state index is -0.238. The van der Waals surface area contributed by atoms with Crippen molar-refractivity contribution in [1.82, 2.24) is 4.57 Å². The Balaban J connectivity index is 2.06. The Bertz CT molecular complexity index is 354. The molecular weight excluding hydrogens is 198 g/mol. The second-order valence-corrected chi connectivity index (χ2v) is 4.67. The van der Waals surface area contributed by atoms with E-state index in [1.54, 1.807) is 0 Å². The molecule has 0 saturated carbocycles. The minimum absolute atomic E-state index is 0.238. The van der Waals surface area contributed by atoms with Gasteiger partial charge in [0.25, 0.3) is 0 Å². The summed E-state index contributed by atoms with van der Waals surface area (Å²) in [6.45, 7) is 4.77. The summed E-state index contributed by atoms with van der Waals surface area (Å²) in [6, 6.07) is 0. The fourth-order valence-corrected chi connectivity index (χ4v) is 2.44. The van der Waals surface area contributed by atoms with Gasteiger partial charge < -0.3 is 9.67 Å². The molecule has 88 valence electrons. The van der Waals surface area contributed by atoms with Gasteiger partial charge in [-0.3, -0.25) is 0 Å². The standard InChI is InChI=1S/C14H21NO/c1-2-3-6-9-15-10-12-7-4-5-8-14(16)13(12)11-15/h2,10-11,14,16H,1,3-9H2. The van der Waals surface area contributed by atoms with Crippen LogP contribution in [0.25, 0.3) is 0 Å². The van der Waals surface area contributed by atoms with Crippen molar-refractivity contribution in [3.05, 3.63) is 36.2 Å². The Morgan fingerprint density at radius 3 is 3.12 bits per heavy atom. The van der Waals surface area contributed by atoms with Crippen LogP contribution in [-0.2, 0) is 13.0 Å². The molecule has 1 aliphatic carbocycles. The van der Waals surface area contributed by atoms with Crippen LogP contribution in [0.15, 0.2) is 25.0 Å². The summed E-state index contributed by atoms with van der Waals surface area (Å²) in [4.78, 5) is 0. The second-order valence-electron chi connectivity index (χ2n) is 4.67. The molecule has 1 unspecified atom stereocenters. The molecule has 2 heteroatoms. The molecule has 0 saturated heterocycles. The number of aliphatic hydroxyl groups excluding tert-OH is 1. The van der Waals surface area contributed by atoms with Crippen molar-refractivity contribution in [3.63, 3.8) is 0 Å². The minimum Gasteiger partial charge on any atom is -0.388 e. The lowest BCUT2D eigenvalue weighted by atomic mass is 10.1. The molecule has 16 heavy (non-hydrogen) atoms. The molecule has 1 aromatic heterocycles. The third kappa shape index (κ3) is 2.56. The Morgan fingerprint density at radius 2 is 2.31 bits per heavy atom. The van der Waals surface area contributed by atoms with Crippen LogP contribution < -0.4 is 0 Å². The molecule has 1 heterocycles. The number of nitrogens with zero attached hydrogens (tertiary/aromatic N) is 1. The van der Waals surface area contributed by atoms with Crippen LogP contribution in [0.2, 0.25) is 0 Å². The summed E-state index contributed by atoms with van der Waals surface area (Å²) in [5.74, 6) is 0. The van der Waals surface area contributed by atoms with Gasteiger partial charge in [-0.05, 0) is 37.7 Å². The topological polar surface area (TPSA) is 25.2 Å². The van der Waals surface area contributed by atoms with Gasteiger partial charge in [0.15, 0.2) is 0 Å². The lowest BCUT2D eigenvalue weighted by Crippen LogP contribution is -1.96. The summed E-state index contributed by atoms with van der Waals surface area (Å²) in [5.41, 5.74) is 2.51. The summed E-state index contributed by atoms with van der Waals surface area (Å²) >= 11 is 0. The molecule has 0 spiro atoms. The lowest BCUT2D eigenvalue weighted by Gasteiger charge is -2.06. The molecule has 2 rings (SSSR count). The molecule has 0 bridgehead atoms. The SMILES string of the molecule is C=CCCCn1cc2c(c1)C(O)CCCC2. The highest BCUT2D eigenvalue weighted by atomic mass is 16.3. The Kier molecular flexibility index (Phi) is 3.83. The Morgan fingerprint density at radius 1 is 1.44 bits per heavy atom. The molecule has 0 aromatic carbocycles. The summed E-state index contributed by atoms with van der Waals surface area (Å²) in [6.07, 6.45) is 12.7. The first-order valence-corrected chi connectivity index (χ1v) is 6.29. The van der Waals surface area contributed by atoms with Gasteiger partial charge >= 0.3 is 0 Å². The van der Waals surface area contributed by atoms with E-state index in [0.29, 0.717) is 0 Å². The van der Waals surface area contributed by atoms with E-state index in [4.69, 9.17) is 0 Å². The van der Waals surface area contributed by atoms with E-state index in [9.17, 15) is 5.11 Å². The monoisotopic (exact) mass is 219 g/mol. The van der Waals surface area contributed by atoms with Gasteiger partial charge in [0.1, 0.15) is 0 Å². The number of unbranched alkanes of at least 4 members (excludes halogenated alkanes) is 1. The number of allylic oxidation sites excluding steroid dienone is 1. The van der Waals surface area contributed by atoms with Gasteiger partial charge in [-0.2, -0.15) is 0 Å². The maximum absolute atomic E-state index is 10.00. The second kappa shape index (κ2) is 5.35. The molecule has 0 radical (unpaired) electrons. The first-order valence-electron chi connectivity index (χ1n) is 6.29. The van der Waals surface area contributed by atoms with E-state index in [0.717, 1.165) is 44.2 Å². The number of hydrogen-bond donors (Lipinski definition) is 1. The average Bonchev–Trinajstić information content (AvgIpc) is 2.61. The van der Waals surface area contributed by atoms with Crippen molar-refractivity contribution in [2.45, 2.75) is 51.2 Å². The highest BCUT2D eigenvalue weighted by Gasteiger charge is 2.17. The van der Waals surface area contributed by atoms with E-state index in [2.05, 4.69) is 23.5 Å². The highest BCUT2D eigenvalue weighted by molar-refractivity contribution is 5.27. The first-order chi connectivity index (χ1) is 7.81. The van der Waals surface area contributed by atoms with E-state index in [1.165, 1.54) is 12.0 Å². The van der Waals surface area contributed by atoms with Crippen LogP contribution in [-0.4, -0.2) is 9.67 Å². The fraction of sp³-hybridized carbons (Fsp3) is 0.571. The summed E-state index contributed by atoms with van der Waals surface area (Å²) in [7, 11) is 0. The molecule has 2 nitrogen and oxygen atoms in total. The van der Waals surface area contributed by atoms with Gasteiger partial charge in [-0.25, -0.2) is 0 Å². The van der Waals surface area contributed by atoms with Gasteiger partial charge in [-0.15, -0.1) is 6.58 Å². The van der Waals surface area contributed by atoms with Crippen LogP contribution in [0.5, 0.6) is 0 Å². The van der Waals surface area contributed by atoms with Crippen LogP contribution in [0, 0.1) is 0 Å². The Labute approximate surface area is 97.6 Å². The van der Waals surface area contributed by atoms with Crippen molar-refractivity contribution in [2.75, 3.05) is 0 Å². The molecule has 0 fully saturated rings. The Hall–Kier alpha value is -1.02. The zero-order valence-electron chi connectivity index (χ0n) is 9.86. The normalized spacial score (nSPS) is 20.2. The van der Waals surface area contributed by atoms with E-state index < -0.39 is 0 Å². The van der Waals surface area contributed by atoms with Crippen LogP contribution in [0.4, 0.5) is 0 Å². The maximum atomic E-state index is 10.00. The van der Waals surface area contributed by atoms with Crippen molar-refractivity contribution in [2.24, 2.45) is 0 Å². The predicted molar refractivity (Wildman–Crippen MR) is 66.4 cm³/mol. The zero-order valence-corrected chi connectivity index (χ0v) is 9.86. The third-order valence-electron chi connectivity index (χ3n) is 3.35. The van der Waals surface area contributed by atoms with Crippen molar-refractivity contribution >= 4 is 0 Å². The number of aryl methyl sites for hydroxylation is 2. The smallest absolute Gasteiger partial charge is 0.0807 e. The van der Waals surface area contributed by atoms with Crippen LogP contribution in [0.1, 0.15) is 49.3 Å². The van der Waals surface area contributed by atoms with Crippen LogP contribution in [0.3, 0.4) is 0 Å². The summed E-state index contributed by atoms with van der Waals surface area (Å²) < 4.78 is 2.22. The fourth-order valence-electron chi connectivity index (χ4n) is 2.44. The molecule has 0 amide bonds. The molecule has 1 atom stereocenters. The third-order valence-corrected chi connectivity index (χ3v) is 3.35. The molecule has 1 aliphatic rings. The predicted octanol–water partition coefficient (Wildman–Crippen LogP) is 3.21. The molecule has 0 aliphatic heterocycles. The van der Waals surface area contributed by atoms with Crippen LogP contribution >= 0.6 is 0 Å². The van der Waals surface area contributed by atoms with E-state index in [-0.39, 0.29) is 6.10 Å². The largest absolute Gasteiger partial charge is 0.388 e. The molecular formula is C14H21NO. The van der Waals surface area contributed by atoms with Gasteiger partial charge in [-0.1, -0.05) is 12.5 Å². The number of aromatic nitrogens is 1. The number of rotatable bonds is 4. The number of hydrogen-bond acceptors (Lipinski definition) is 1. The number of aliphatic hydroxyl groups is 1. The summed E-state index contributed by atoms with van der Waals surface area (Å²) in [5, 5.41) is 10.00. The average molecular weight is 219 g/mol. The van der Waals surface area contributed by atoms with Crippen molar-refractivity contribution in [3.8, 4) is 0 Å². The van der Waals surface area contributed by atoms with Gasteiger partial charge in [0.05, 0.1) is 6.10 Å². The molecule has 1 aromatic rings. The van der Waals surface area contributed by atoms with E-state index >= 15 is 0 Å². The van der Waals surface area contributed by atoms with Crippen molar-refractivity contribution < 1.29 is 5.11 Å². The first kappa shape index (κ1) is 11.5. The van der Waals surface area contributed by atoms with Gasteiger partial charge in [0.2, 0.25) is 0 Å². The number of fused-ring (bicyclic) bond motifs is 1. The van der Waals surface area contributed by atoms with E-state index in [1.807, 2.05) is 6.08 Å². The maximum Gasteiger partial charge on any atom is 0.0807 e. The quantitative estimate of drug-likeness (QED) is 0.469. The lowest BCUT2D eigenvalue weighted by molar-refractivity contribution is 0.166. The van der Waals surface area contributed by atoms with Crippen molar-refractivity contribution in [1.29, 1.82) is 0 Å². The highest BCUT2D eigenvalue weighted by Crippen LogP contribution is 2.29.